The first-order chi connectivity index (χ1) is 11.8. The van der Waals surface area contributed by atoms with Crippen LogP contribution in [0.15, 0.2) is 80.5 Å². The molecule has 0 radical (unpaired) electrons. The fourth-order valence-corrected chi connectivity index (χ4v) is 3.69. The average molecular weight is 397 g/mol. The Morgan fingerprint density at radius 3 is 2.54 bits per heavy atom. The summed E-state index contributed by atoms with van der Waals surface area (Å²) in [5, 5.41) is 10.8. The summed E-state index contributed by atoms with van der Waals surface area (Å²) in [6.45, 7) is 0. The lowest BCUT2D eigenvalue weighted by Gasteiger charge is -2.02. The lowest BCUT2D eigenvalue weighted by molar-refractivity contribution is 0.528. The van der Waals surface area contributed by atoms with E-state index in [4.69, 9.17) is 4.42 Å². The number of hydrogen-bond acceptors (Lipinski definition) is 4. The number of halogens is 1. The van der Waals surface area contributed by atoms with E-state index in [1.54, 1.807) is 11.8 Å². The Labute approximate surface area is 152 Å². The second-order valence-corrected chi connectivity index (χ2v) is 7.18. The quantitative estimate of drug-likeness (QED) is 0.399. The van der Waals surface area contributed by atoms with Gasteiger partial charge in [0.15, 0.2) is 0 Å². The van der Waals surface area contributed by atoms with Crippen molar-refractivity contribution in [3.05, 3.63) is 77.1 Å². The van der Waals surface area contributed by atoms with Crippen molar-refractivity contribution in [2.45, 2.75) is 10.6 Å². The lowest BCUT2D eigenvalue weighted by atomic mass is 10.1. The van der Waals surface area contributed by atoms with Gasteiger partial charge in [-0.1, -0.05) is 42.5 Å². The van der Waals surface area contributed by atoms with Gasteiger partial charge in [-0.25, -0.2) is 0 Å². The van der Waals surface area contributed by atoms with Gasteiger partial charge >= 0.3 is 0 Å². The molecule has 1 heterocycles. The number of hydrogen-bond donors (Lipinski definition) is 0. The first-order valence-corrected chi connectivity index (χ1v) is 9.26. The van der Waals surface area contributed by atoms with Crippen LogP contribution in [-0.2, 0) is 5.75 Å². The molecule has 0 aliphatic carbocycles. The van der Waals surface area contributed by atoms with Crippen LogP contribution in [0.3, 0.4) is 0 Å². The van der Waals surface area contributed by atoms with E-state index in [0.717, 1.165) is 10.0 Å². The molecule has 118 valence electrons. The predicted molar refractivity (Wildman–Crippen MR) is 101 cm³/mol. The third-order valence-electron chi connectivity index (χ3n) is 3.65. The third kappa shape index (κ3) is 3.23. The topological polar surface area (TPSA) is 38.9 Å². The highest BCUT2D eigenvalue weighted by molar-refractivity contribution is 9.10. The molecule has 0 N–H and O–H groups in total. The number of thioether (sulfide) groups is 1. The standard InChI is InChI=1S/C19H13BrN2OS/c20-17-8-4-3-7-16(17)19-22-21-18(23-19)12-24-15-10-9-13-5-1-2-6-14(13)11-15/h1-11H,12H2. The number of nitrogens with zero attached hydrogens (tertiary/aromatic N) is 2. The smallest absolute Gasteiger partial charge is 0.248 e. The second kappa shape index (κ2) is 6.79. The number of aromatic nitrogens is 2. The molecule has 0 fully saturated rings. The van der Waals surface area contributed by atoms with Crippen LogP contribution in [-0.4, -0.2) is 10.2 Å². The molecular weight excluding hydrogens is 384 g/mol. The van der Waals surface area contributed by atoms with Crippen LogP contribution in [0.25, 0.3) is 22.2 Å². The Bertz CT molecular complexity index is 999. The molecule has 0 aliphatic rings. The molecule has 0 spiro atoms. The van der Waals surface area contributed by atoms with E-state index in [0.29, 0.717) is 17.5 Å². The molecule has 0 atom stereocenters. The molecule has 0 bridgehead atoms. The van der Waals surface area contributed by atoms with Crippen LogP contribution in [0.2, 0.25) is 0 Å². The largest absolute Gasteiger partial charge is 0.420 e. The van der Waals surface area contributed by atoms with Crippen molar-refractivity contribution in [2.24, 2.45) is 0 Å². The van der Waals surface area contributed by atoms with Crippen LogP contribution in [0.5, 0.6) is 0 Å². The van der Waals surface area contributed by atoms with Crippen molar-refractivity contribution < 1.29 is 4.42 Å². The van der Waals surface area contributed by atoms with Gasteiger partial charge in [0.05, 0.1) is 11.3 Å². The van der Waals surface area contributed by atoms with E-state index in [1.807, 2.05) is 24.3 Å². The Balaban J connectivity index is 1.51. The fraction of sp³-hybridized carbons (Fsp3) is 0.0526. The van der Waals surface area contributed by atoms with E-state index in [9.17, 15) is 0 Å². The molecule has 4 rings (SSSR count). The van der Waals surface area contributed by atoms with Crippen molar-refractivity contribution in [3.8, 4) is 11.5 Å². The van der Waals surface area contributed by atoms with Gasteiger partial charge in [-0.15, -0.1) is 22.0 Å². The minimum atomic E-state index is 0.539. The molecule has 24 heavy (non-hydrogen) atoms. The molecule has 0 amide bonds. The molecule has 1 aromatic heterocycles. The predicted octanol–water partition coefficient (Wildman–Crippen LogP) is 5.94. The van der Waals surface area contributed by atoms with Crippen molar-refractivity contribution in [1.29, 1.82) is 0 Å². The first-order valence-electron chi connectivity index (χ1n) is 7.48. The summed E-state index contributed by atoms with van der Waals surface area (Å²) in [4.78, 5) is 1.19. The maximum atomic E-state index is 5.79. The maximum absolute atomic E-state index is 5.79. The Hall–Kier alpha value is -2.11. The highest BCUT2D eigenvalue weighted by Gasteiger charge is 2.11. The zero-order valence-electron chi connectivity index (χ0n) is 12.6. The first kappa shape index (κ1) is 15.4. The maximum Gasteiger partial charge on any atom is 0.248 e. The summed E-state index contributed by atoms with van der Waals surface area (Å²) in [6.07, 6.45) is 0. The van der Waals surface area contributed by atoms with Gasteiger partial charge in [-0.3, -0.25) is 0 Å². The van der Waals surface area contributed by atoms with E-state index < -0.39 is 0 Å². The van der Waals surface area contributed by atoms with Gasteiger partial charge < -0.3 is 4.42 Å². The fourth-order valence-electron chi connectivity index (χ4n) is 2.46. The van der Waals surface area contributed by atoms with Gasteiger partial charge in [0.1, 0.15) is 0 Å². The summed E-state index contributed by atoms with van der Waals surface area (Å²) in [6, 6.07) is 22.6. The summed E-state index contributed by atoms with van der Waals surface area (Å²) in [5.41, 5.74) is 0.909. The van der Waals surface area contributed by atoms with E-state index in [2.05, 4.69) is 68.6 Å². The lowest BCUT2D eigenvalue weighted by Crippen LogP contribution is -1.81. The zero-order valence-corrected chi connectivity index (χ0v) is 15.0. The molecule has 3 aromatic carbocycles. The van der Waals surface area contributed by atoms with Crippen molar-refractivity contribution in [2.75, 3.05) is 0 Å². The van der Waals surface area contributed by atoms with E-state index in [1.165, 1.54) is 15.7 Å². The van der Waals surface area contributed by atoms with Crippen molar-refractivity contribution >= 4 is 38.5 Å². The molecule has 0 aliphatic heterocycles. The normalized spacial score (nSPS) is 11.0. The summed E-state index contributed by atoms with van der Waals surface area (Å²) >= 11 is 5.20. The van der Waals surface area contributed by atoms with Crippen LogP contribution in [0.1, 0.15) is 5.89 Å². The Kier molecular flexibility index (Phi) is 4.36. The van der Waals surface area contributed by atoms with E-state index >= 15 is 0 Å². The molecule has 4 aromatic rings. The summed E-state index contributed by atoms with van der Waals surface area (Å²) in [5.74, 6) is 1.81. The van der Waals surface area contributed by atoms with Crippen LogP contribution >= 0.6 is 27.7 Å². The van der Waals surface area contributed by atoms with Crippen molar-refractivity contribution in [1.82, 2.24) is 10.2 Å². The van der Waals surface area contributed by atoms with Gasteiger partial charge in [0.2, 0.25) is 11.8 Å². The van der Waals surface area contributed by atoms with Gasteiger partial charge in [-0.05, 0) is 51.0 Å². The minimum absolute atomic E-state index is 0.539. The SMILES string of the molecule is Brc1ccccc1-c1nnc(CSc2ccc3ccccc3c2)o1. The molecule has 3 nitrogen and oxygen atoms in total. The van der Waals surface area contributed by atoms with Gasteiger partial charge in [0.25, 0.3) is 0 Å². The summed E-state index contributed by atoms with van der Waals surface area (Å²) in [7, 11) is 0. The Morgan fingerprint density at radius 2 is 1.67 bits per heavy atom. The monoisotopic (exact) mass is 396 g/mol. The van der Waals surface area contributed by atoms with E-state index in [-0.39, 0.29) is 0 Å². The van der Waals surface area contributed by atoms with Crippen LogP contribution < -0.4 is 0 Å². The molecule has 0 unspecified atom stereocenters. The zero-order chi connectivity index (χ0) is 16.4. The Morgan fingerprint density at radius 1 is 0.875 bits per heavy atom. The van der Waals surface area contributed by atoms with Crippen LogP contribution in [0.4, 0.5) is 0 Å². The van der Waals surface area contributed by atoms with Gasteiger partial charge in [0, 0.05) is 9.37 Å². The van der Waals surface area contributed by atoms with Crippen LogP contribution in [0, 0.1) is 0 Å². The molecular formula is C19H13BrN2OS. The second-order valence-electron chi connectivity index (χ2n) is 5.28. The number of benzene rings is 3. The molecule has 5 heteroatoms. The average Bonchev–Trinajstić information content (AvgIpc) is 3.09. The highest BCUT2D eigenvalue weighted by Crippen LogP contribution is 2.29. The molecule has 0 saturated carbocycles. The number of rotatable bonds is 4. The molecule has 0 saturated heterocycles. The van der Waals surface area contributed by atoms with Crippen molar-refractivity contribution in [3.63, 3.8) is 0 Å². The highest BCUT2D eigenvalue weighted by atomic mass is 79.9. The minimum Gasteiger partial charge on any atom is -0.420 e. The third-order valence-corrected chi connectivity index (χ3v) is 5.32. The van der Waals surface area contributed by atoms with Gasteiger partial charge in [-0.2, -0.15) is 0 Å². The summed E-state index contributed by atoms with van der Waals surface area (Å²) < 4.78 is 6.73. The number of fused-ring (bicyclic) bond motifs is 1.